The Morgan fingerprint density at radius 3 is 2.80 bits per heavy atom. The van der Waals surface area contributed by atoms with Crippen LogP contribution in [0.3, 0.4) is 0 Å². The highest BCUT2D eigenvalue weighted by molar-refractivity contribution is 6.33. The monoisotopic (exact) mass is 288 g/mol. The Kier molecular flexibility index (Phi) is 4.18. The molecule has 2 aromatic rings. The van der Waals surface area contributed by atoms with Gasteiger partial charge in [-0.15, -0.1) is 6.42 Å². The molecule has 0 fully saturated rings. The lowest BCUT2D eigenvalue weighted by atomic mass is 10.1. The maximum absolute atomic E-state index is 11.3. The number of hydrogen-bond acceptors (Lipinski definition) is 4. The van der Waals surface area contributed by atoms with Crippen LogP contribution in [0.15, 0.2) is 30.5 Å². The molecule has 2 rings (SSSR count). The van der Waals surface area contributed by atoms with Gasteiger partial charge in [0.1, 0.15) is 0 Å². The van der Waals surface area contributed by atoms with E-state index in [2.05, 4.69) is 15.9 Å². The third kappa shape index (κ3) is 2.87. The second kappa shape index (κ2) is 6.04. The zero-order chi connectivity index (χ0) is 14.5. The number of nitrogens with zero attached hydrogens (tertiary/aromatic N) is 2. The van der Waals surface area contributed by atoms with Crippen molar-refractivity contribution in [3.8, 4) is 29.5 Å². The molecule has 1 aromatic heterocycles. The number of rotatable bonds is 4. The second-order valence-corrected chi connectivity index (χ2v) is 4.10. The quantitative estimate of drug-likeness (QED) is 0.875. The molecule has 0 bridgehead atoms. The molecule has 6 heteroatoms. The van der Waals surface area contributed by atoms with Crippen LogP contribution in [0.1, 0.15) is 10.5 Å². The zero-order valence-electron chi connectivity index (χ0n) is 10.2. The molecule has 0 amide bonds. The standard InChI is InChI=1S/C14H9ClN2O3/c1-2-7-20-14-16-8-10(12(17-14)13(18)19)9-5-3-4-6-11(9)15/h1,3-6,8H,7H2,(H,18,19). The molecule has 1 N–H and O–H groups in total. The molecule has 100 valence electrons. The predicted molar refractivity (Wildman–Crippen MR) is 73.8 cm³/mol. The lowest BCUT2D eigenvalue weighted by molar-refractivity contribution is 0.0690. The Morgan fingerprint density at radius 2 is 2.15 bits per heavy atom. The average Bonchev–Trinajstić information content (AvgIpc) is 2.45. The molecule has 0 aliphatic carbocycles. The fourth-order valence-electron chi connectivity index (χ4n) is 1.58. The molecule has 0 spiro atoms. The summed E-state index contributed by atoms with van der Waals surface area (Å²) >= 11 is 6.05. The summed E-state index contributed by atoms with van der Waals surface area (Å²) in [5.74, 6) is 1.05. The zero-order valence-corrected chi connectivity index (χ0v) is 11.0. The Hall–Kier alpha value is -2.58. The molecule has 0 unspecified atom stereocenters. The van der Waals surface area contributed by atoms with Crippen LogP contribution in [0.5, 0.6) is 6.01 Å². The summed E-state index contributed by atoms with van der Waals surface area (Å²) in [6.45, 7) is -0.0372. The van der Waals surface area contributed by atoms with E-state index in [-0.39, 0.29) is 18.3 Å². The topological polar surface area (TPSA) is 72.3 Å². The van der Waals surface area contributed by atoms with E-state index in [0.29, 0.717) is 16.1 Å². The van der Waals surface area contributed by atoms with Gasteiger partial charge in [0.15, 0.2) is 12.3 Å². The molecule has 0 aliphatic heterocycles. The van der Waals surface area contributed by atoms with E-state index < -0.39 is 5.97 Å². The molecule has 0 radical (unpaired) electrons. The number of halogens is 1. The number of carboxylic acids is 1. The Labute approximate surface area is 120 Å². The van der Waals surface area contributed by atoms with Crippen molar-refractivity contribution in [2.75, 3.05) is 6.61 Å². The smallest absolute Gasteiger partial charge is 0.355 e. The van der Waals surface area contributed by atoms with Gasteiger partial charge in [0.2, 0.25) is 0 Å². The van der Waals surface area contributed by atoms with Crippen LogP contribution in [-0.4, -0.2) is 27.7 Å². The van der Waals surface area contributed by atoms with Crippen molar-refractivity contribution in [1.82, 2.24) is 9.97 Å². The van der Waals surface area contributed by atoms with Crippen molar-refractivity contribution in [2.45, 2.75) is 0 Å². The van der Waals surface area contributed by atoms with E-state index in [1.54, 1.807) is 24.3 Å². The summed E-state index contributed by atoms with van der Waals surface area (Å²) in [7, 11) is 0. The maximum Gasteiger partial charge on any atom is 0.355 e. The first-order chi connectivity index (χ1) is 9.63. The van der Waals surface area contributed by atoms with Gasteiger partial charge >= 0.3 is 12.0 Å². The second-order valence-electron chi connectivity index (χ2n) is 3.69. The van der Waals surface area contributed by atoms with Crippen molar-refractivity contribution in [3.63, 3.8) is 0 Å². The van der Waals surface area contributed by atoms with Gasteiger partial charge in [-0.25, -0.2) is 9.78 Å². The van der Waals surface area contributed by atoms with E-state index in [4.69, 9.17) is 22.8 Å². The van der Waals surface area contributed by atoms with Crippen LogP contribution in [0.2, 0.25) is 5.02 Å². The van der Waals surface area contributed by atoms with Crippen LogP contribution < -0.4 is 4.74 Å². The highest BCUT2D eigenvalue weighted by atomic mass is 35.5. The summed E-state index contributed by atoms with van der Waals surface area (Å²) in [4.78, 5) is 19.1. The van der Waals surface area contributed by atoms with Gasteiger partial charge in [-0.2, -0.15) is 4.98 Å². The first-order valence-corrected chi connectivity index (χ1v) is 5.92. The van der Waals surface area contributed by atoms with Crippen LogP contribution in [0.4, 0.5) is 0 Å². The minimum atomic E-state index is -1.20. The molecule has 20 heavy (non-hydrogen) atoms. The minimum Gasteiger partial charge on any atom is -0.476 e. The fraction of sp³-hybridized carbons (Fsp3) is 0.0714. The molecule has 0 saturated heterocycles. The van der Waals surface area contributed by atoms with Crippen molar-refractivity contribution in [3.05, 3.63) is 41.2 Å². The number of benzene rings is 1. The van der Waals surface area contributed by atoms with Crippen molar-refractivity contribution in [2.24, 2.45) is 0 Å². The van der Waals surface area contributed by atoms with Crippen molar-refractivity contribution >= 4 is 17.6 Å². The Bertz CT molecular complexity index is 695. The molecule has 1 aromatic carbocycles. The predicted octanol–water partition coefficient (Wildman–Crippen LogP) is 2.51. The number of aromatic carboxylic acids is 1. The van der Waals surface area contributed by atoms with Gasteiger partial charge in [-0.3, -0.25) is 0 Å². The van der Waals surface area contributed by atoms with Gasteiger partial charge in [-0.1, -0.05) is 35.7 Å². The Morgan fingerprint density at radius 1 is 1.40 bits per heavy atom. The number of carboxylic acid groups (broad SMARTS) is 1. The van der Waals surface area contributed by atoms with E-state index in [0.717, 1.165) is 0 Å². The molecular formula is C14H9ClN2O3. The molecular weight excluding hydrogens is 280 g/mol. The summed E-state index contributed by atoms with van der Waals surface area (Å²) in [6, 6.07) is 6.75. The van der Waals surface area contributed by atoms with Crippen molar-refractivity contribution < 1.29 is 14.6 Å². The normalized spacial score (nSPS) is 9.80. The first kappa shape index (κ1) is 13.8. The number of terminal acetylenes is 1. The lowest BCUT2D eigenvalue weighted by Gasteiger charge is -2.08. The molecule has 1 heterocycles. The number of hydrogen-bond donors (Lipinski definition) is 1. The highest BCUT2D eigenvalue weighted by Crippen LogP contribution is 2.29. The van der Waals surface area contributed by atoms with Gasteiger partial charge in [0, 0.05) is 22.3 Å². The number of ether oxygens (including phenoxy) is 1. The largest absolute Gasteiger partial charge is 0.476 e. The van der Waals surface area contributed by atoms with Crippen LogP contribution in [0, 0.1) is 12.3 Å². The third-order valence-corrected chi connectivity index (χ3v) is 2.75. The number of aromatic nitrogens is 2. The SMILES string of the molecule is C#CCOc1ncc(-c2ccccc2Cl)c(C(=O)O)n1. The van der Waals surface area contributed by atoms with Crippen LogP contribution in [0.25, 0.3) is 11.1 Å². The van der Waals surface area contributed by atoms with E-state index >= 15 is 0 Å². The van der Waals surface area contributed by atoms with Gasteiger partial charge in [0.05, 0.1) is 0 Å². The molecule has 0 aliphatic rings. The van der Waals surface area contributed by atoms with E-state index in [1.165, 1.54) is 6.20 Å². The molecule has 0 saturated carbocycles. The molecule has 5 nitrogen and oxygen atoms in total. The Balaban J connectivity index is 2.52. The average molecular weight is 289 g/mol. The van der Waals surface area contributed by atoms with Crippen LogP contribution >= 0.6 is 11.6 Å². The maximum atomic E-state index is 11.3. The fourth-order valence-corrected chi connectivity index (χ4v) is 1.82. The minimum absolute atomic E-state index is 0.0372. The van der Waals surface area contributed by atoms with E-state index in [9.17, 15) is 9.90 Å². The summed E-state index contributed by atoms with van der Waals surface area (Å²) in [5.41, 5.74) is 0.659. The summed E-state index contributed by atoms with van der Waals surface area (Å²) in [6.07, 6.45) is 6.40. The third-order valence-electron chi connectivity index (χ3n) is 2.42. The highest BCUT2D eigenvalue weighted by Gasteiger charge is 2.17. The summed E-state index contributed by atoms with van der Waals surface area (Å²) < 4.78 is 5.01. The van der Waals surface area contributed by atoms with Gasteiger partial charge in [0.25, 0.3) is 0 Å². The first-order valence-electron chi connectivity index (χ1n) is 5.55. The van der Waals surface area contributed by atoms with Crippen LogP contribution in [-0.2, 0) is 0 Å². The van der Waals surface area contributed by atoms with E-state index in [1.807, 2.05) is 0 Å². The molecule has 0 atom stereocenters. The summed E-state index contributed by atoms with van der Waals surface area (Å²) in [5, 5.41) is 9.65. The van der Waals surface area contributed by atoms with Gasteiger partial charge in [-0.05, 0) is 6.07 Å². The number of carbonyl (C=O) groups is 1. The lowest BCUT2D eigenvalue weighted by Crippen LogP contribution is -2.08. The van der Waals surface area contributed by atoms with Crippen molar-refractivity contribution in [1.29, 1.82) is 0 Å². The van der Waals surface area contributed by atoms with Gasteiger partial charge < -0.3 is 9.84 Å².